The van der Waals surface area contributed by atoms with Crippen LogP contribution < -0.4 is 0 Å². The van der Waals surface area contributed by atoms with E-state index < -0.39 is 6.10 Å². The standard InChI is InChI=1S/C29H24N2O/c32-23(20-31-27-16-8-5-13-24(27)25-14-6-9-17-28(25)31)19-30-26-15-7-4-12-22(26)18-29(30)21-10-2-1-3-11-21/h1-18,23,32H,19-20H2. The second kappa shape index (κ2) is 7.70. The molecule has 6 aromatic rings. The molecule has 4 aromatic carbocycles. The molecule has 6 rings (SSSR count). The fourth-order valence-corrected chi connectivity index (χ4v) is 4.93. The van der Waals surface area contributed by atoms with Crippen molar-refractivity contribution in [2.75, 3.05) is 0 Å². The highest BCUT2D eigenvalue weighted by Crippen LogP contribution is 2.31. The summed E-state index contributed by atoms with van der Waals surface area (Å²) in [6.07, 6.45) is -0.535. The van der Waals surface area contributed by atoms with Crippen LogP contribution in [0.4, 0.5) is 0 Å². The Hall–Kier alpha value is -3.82. The molecule has 0 saturated carbocycles. The van der Waals surface area contributed by atoms with Crippen molar-refractivity contribution in [1.29, 1.82) is 0 Å². The summed E-state index contributed by atoms with van der Waals surface area (Å²) in [5.74, 6) is 0. The smallest absolute Gasteiger partial charge is 0.0898 e. The lowest BCUT2D eigenvalue weighted by Gasteiger charge is -2.18. The van der Waals surface area contributed by atoms with Gasteiger partial charge in [-0.15, -0.1) is 0 Å². The number of aromatic nitrogens is 2. The van der Waals surface area contributed by atoms with Gasteiger partial charge in [0.15, 0.2) is 0 Å². The van der Waals surface area contributed by atoms with Crippen LogP contribution in [-0.4, -0.2) is 20.3 Å². The molecule has 3 nitrogen and oxygen atoms in total. The van der Waals surface area contributed by atoms with Gasteiger partial charge in [0.2, 0.25) is 0 Å². The number of hydrogen-bond acceptors (Lipinski definition) is 1. The molecule has 32 heavy (non-hydrogen) atoms. The predicted molar refractivity (Wildman–Crippen MR) is 133 cm³/mol. The van der Waals surface area contributed by atoms with Crippen LogP contribution in [0.15, 0.2) is 109 Å². The van der Waals surface area contributed by atoms with Gasteiger partial charge in [0.1, 0.15) is 0 Å². The minimum absolute atomic E-state index is 0.526. The summed E-state index contributed by atoms with van der Waals surface area (Å²) >= 11 is 0. The van der Waals surface area contributed by atoms with Gasteiger partial charge in [-0.05, 0) is 29.8 Å². The van der Waals surface area contributed by atoms with Crippen LogP contribution in [0.1, 0.15) is 0 Å². The molecule has 0 aliphatic rings. The SMILES string of the molecule is OC(Cn1c(-c2ccccc2)cc2ccccc21)Cn1c2ccccc2c2ccccc21. The zero-order chi connectivity index (χ0) is 21.5. The summed E-state index contributed by atoms with van der Waals surface area (Å²) in [6.45, 7) is 1.06. The van der Waals surface area contributed by atoms with Crippen molar-refractivity contribution in [2.24, 2.45) is 0 Å². The molecule has 1 atom stereocenters. The van der Waals surface area contributed by atoms with Crippen LogP contribution in [0.3, 0.4) is 0 Å². The highest BCUT2D eigenvalue weighted by molar-refractivity contribution is 6.07. The van der Waals surface area contributed by atoms with E-state index in [1.165, 1.54) is 16.2 Å². The average molecular weight is 417 g/mol. The first-order chi connectivity index (χ1) is 15.8. The zero-order valence-electron chi connectivity index (χ0n) is 17.7. The molecule has 3 heteroatoms. The lowest BCUT2D eigenvalue weighted by Crippen LogP contribution is -2.22. The molecule has 0 saturated heterocycles. The van der Waals surface area contributed by atoms with Gasteiger partial charge in [-0.3, -0.25) is 0 Å². The lowest BCUT2D eigenvalue weighted by atomic mass is 10.1. The van der Waals surface area contributed by atoms with E-state index in [1.807, 2.05) is 6.07 Å². The second-order valence-electron chi connectivity index (χ2n) is 8.36. The Morgan fingerprint density at radius 1 is 0.562 bits per heavy atom. The molecule has 0 radical (unpaired) electrons. The molecule has 0 fully saturated rings. The highest BCUT2D eigenvalue weighted by Gasteiger charge is 2.17. The van der Waals surface area contributed by atoms with Crippen molar-refractivity contribution >= 4 is 32.7 Å². The molecule has 1 unspecified atom stereocenters. The van der Waals surface area contributed by atoms with Crippen LogP contribution in [-0.2, 0) is 13.1 Å². The van der Waals surface area contributed by atoms with Crippen molar-refractivity contribution < 1.29 is 5.11 Å². The third-order valence-electron chi connectivity index (χ3n) is 6.35. The summed E-state index contributed by atoms with van der Waals surface area (Å²) in [7, 11) is 0. The van der Waals surface area contributed by atoms with Crippen molar-refractivity contribution in [3.05, 3.63) is 109 Å². The molecular weight excluding hydrogens is 392 g/mol. The maximum absolute atomic E-state index is 11.3. The van der Waals surface area contributed by atoms with Gasteiger partial charge >= 0.3 is 0 Å². The number of rotatable bonds is 5. The topological polar surface area (TPSA) is 30.1 Å². The van der Waals surface area contributed by atoms with E-state index in [0.29, 0.717) is 13.1 Å². The number of aliphatic hydroxyl groups excluding tert-OH is 1. The lowest BCUT2D eigenvalue weighted by molar-refractivity contribution is 0.139. The van der Waals surface area contributed by atoms with Gasteiger partial charge in [0.05, 0.1) is 19.2 Å². The van der Waals surface area contributed by atoms with Crippen molar-refractivity contribution in [1.82, 2.24) is 9.13 Å². The molecule has 0 spiro atoms. The molecule has 2 heterocycles. The van der Waals surface area contributed by atoms with E-state index in [9.17, 15) is 5.11 Å². The normalized spacial score (nSPS) is 12.7. The summed E-state index contributed by atoms with van der Waals surface area (Å²) < 4.78 is 4.51. The molecule has 0 bridgehead atoms. The molecular formula is C29H24N2O. The summed E-state index contributed by atoms with van der Waals surface area (Å²) in [6, 6.07) is 37.9. The Labute approximate surface area is 186 Å². The third-order valence-corrected chi connectivity index (χ3v) is 6.35. The molecule has 2 aromatic heterocycles. The summed E-state index contributed by atoms with van der Waals surface area (Å²) in [5, 5.41) is 14.9. The van der Waals surface area contributed by atoms with Crippen LogP contribution in [0, 0.1) is 0 Å². The van der Waals surface area contributed by atoms with Gasteiger partial charge in [-0.25, -0.2) is 0 Å². The van der Waals surface area contributed by atoms with E-state index in [-0.39, 0.29) is 0 Å². The van der Waals surface area contributed by atoms with Gasteiger partial charge in [0.25, 0.3) is 0 Å². The molecule has 156 valence electrons. The first kappa shape index (κ1) is 18.9. The van der Waals surface area contributed by atoms with Crippen LogP contribution in [0.2, 0.25) is 0 Å². The Morgan fingerprint density at radius 2 is 1.09 bits per heavy atom. The minimum Gasteiger partial charge on any atom is -0.389 e. The molecule has 0 aliphatic carbocycles. The number of hydrogen-bond donors (Lipinski definition) is 1. The minimum atomic E-state index is -0.535. The van der Waals surface area contributed by atoms with Crippen LogP contribution >= 0.6 is 0 Å². The van der Waals surface area contributed by atoms with Crippen LogP contribution in [0.25, 0.3) is 44.0 Å². The van der Waals surface area contributed by atoms with Gasteiger partial charge in [-0.1, -0.05) is 84.9 Å². The van der Waals surface area contributed by atoms with E-state index in [1.54, 1.807) is 0 Å². The fraction of sp³-hybridized carbons (Fsp3) is 0.103. The highest BCUT2D eigenvalue weighted by atomic mass is 16.3. The zero-order valence-corrected chi connectivity index (χ0v) is 17.7. The predicted octanol–water partition coefficient (Wildman–Crippen LogP) is 6.48. The maximum Gasteiger partial charge on any atom is 0.0898 e. The number of para-hydroxylation sites is 3. The van der Waals surface area contributed by atoms with E-state index in [0.717, 1.165) is 27.8 Å². The molecule has 1 N–H and O–H groups in total. The van der Waals surface area contributed by atoms with E-state index in [4.69, 9.17) is 0 Å². The molecule has 0 aliphatic heterocycles. The van der Waals surface area contributed by atoms with Gasteiger partial charge in [-0.2, -0.15) is 0 Å². The summed E-state index contributed by atoms with van der Waals surface area (Å²) in [4.78, 5) is 0. The Morgan fingerprint density at radius 3 is 1.78 bits per heavy atom. The average Bonchev–Trinajstić information content (AvgIpc) is 3.36. The Bertz CT molecular complexity index is 1490. The van der Waals surface area contributed by atoms with E-state index >= 15 is 0 Å². The van der Waals surface area contributed by atoms with Gasteiger partial charge < -0.3 is 14.2 Å². The summed E-state index contributed by atoms with van der Waals surface area (Å²) in [5.41, 5.74) is 5.76. The Kier molecular flexibility index (Phi) is 4.55. The largest absolute Gasteiger partial charge is 0.389 e. The van der Waals surface area contributed by atoms with E-state index in [2.05, 4.69) is 112 Å². The fourth-order valence-electron chi connectivity index (χ4n) is 4.93. The Balaban J connectivity index is 1.42. The number of aliphatic hydroxyl groups is 1. The monoisotopic (exact) mass is 416 g/mol. The maximum atomic E-state index is 11.3. The number of fused-ring (bicyclic) bond motifs is 4. The third kappa shape index (κ3) is 3.10. The van der Waals surface area contributed by atoms with Crippen molar-refractivity contribution in [3.8, 4) is 11.3 Å². The number of benzene rings is 4. The van der Waals surface area contributed by atoms with Crippen molar-refractivity contribution in [2.45, 2.75) is 19.2 Å². The van der Waals surface area contributed by atoms with Gasteiger partial charge in [0, 0.05) is 38.4 Å². The first-order valence-electron chi connectivity index (χ1n) is 11.1. The van der Waals surface area contributed by atoms with Crippen molar-refractivity contribution in [3.63, 3.8) is 0 Å². The van der Waals surface area contributed by atoms with Crippen LogP contribution in [0.5, 0.6) is 0 Å². The number of nitrogens with zero attached hydrogens (tertiary/aromatic N) is 2. The second-order valence-corrected chi connectivity index (χ2v) is 8.36. The first-order valence-corrected chi connectivity index (χ1v) is 11.1. The quantitative estimate of drug-likeness (QED) is 0.343. The molecule has 0 amide bonds.